The van der Waals surface area contributed by atoms with Gasteiger partial charge >= 0.3 is 0 Å². The van der Waals surface area contributed by atoms with Crippen LogP contribution in [-0.2, 0) is 4.74 Å². The molecule has 2 heterocycles. The molecule has 0 aromatic rings. The van der Waals surface area contributed by atoms with Gasteiger partial charge in [0.1, 0.15) is 6.61 Å². The van der Waals surface area contributed by atoms with E-state index >= 15 is 0 Å². The molecule has 72 valence electrons. The molecule has 0 amide bonds. The van der Waals surface area contributed by atoms with E-state index in [0.29, 0.717) is 26.1 Å². The summed E-state index contributed by atoms with van der Waals surface area (Å²) in [4.78, 5) is 0. The van der Waals surface area contributed by atoms with Crippen LogP contribution in [0.1, 0.15) is 6.42 Å². The van der Waals surface area contributed by atoms with E-state index in [1.807, 2.05) is 0 Å². The predicted octanol–water partition coefficient (Wildman–Crippen LogP) is 1.05. The second kappa shape index (κ2) is 3.09. The van der Waals surface area contributed by atoms with E-state index in [2.05, 4.69) is 5.32 Å². The predicted molar refractivity (Wildman–Crippen MR) is 42.9 cm³/mol. The Balaban J connectivity index is 0.000000720. The summed E-state index contributed by atoms with van der Waals surface area (Å²) in [5.74, 6) is -2.61. The minimum Gasteiger partial charge on any atom is -0.375 e. The van der Waals surface area contributed by atoms with Crippen molar-refractivity contribution in [1.82, 2.24) is 5.32 Å². The zero-order valence-electron chi connectivity index (χ0n) is 6.61. The molecule has 0 saturated carbocycles. The van der Waals surface area contributed by atoms with Gasteiger partial charge in [-0.2, -0.15) is 0 Å². The van der Waals surface area contributed by atoms with Crippen LogP contribution in [0, 0.1) is 5.41 Å². The van der Waals surface area contributed by atoms with Crippen molar-refractivity contribution in [3.8, 4) is 0 Å². The highest BCUT2D eigenvalue weighted by molar-refractivity contribution is 5.85. The molecule has 1 N–H and O–H groups in total. The van der Waals surface area contributed by atoms with Crippen molar-refractivity contribution < 1.29 is 13.5 Å². The topological polar surface area (TPSA) is 21.3 Å². The first kappa shape index (κ1) is 10.2. The number of hydrogen-bond acceptors (Lipinski definition) is 2. The Morgan fingerprint density at radius 2 is 1.92 bits per heavy atom. The summed E-state index contributed by atoms with van der Waals surface area (Å²) >= 11 is 0. The first-order chi connectivity index (χ1) is 5.16. The van der Waals surface area contributed by atoms with Crippen LogP contribution in [0.2, 0.25) is 0 Å². The van der Waals surface area contributed by atoms with E-state index in [1.54, 1.807) is 0 Å². The van der Waals surface area contributed by atoms with Crippen LogP contribution in [0.25, 0.3) is 0 Å². The molecule has 5 heteroatoms. The number of ether oxygens (including phenoxy) is 1. The van der Waals surface area contributed by atoms with Crippen LogP contribution in [-0.4, -0.2) is 32.2 Å². The minimum absolute atomic E-state index is 0. The van der Waals surface area contributed by atoms with Gasteiger partial charge in [0.15, 0.2) is 0 Å². The average Bonchev–Trinajstić information content (AvgIpc) is 1.83. The van der Waals surface area contributed by atoms with Crippen LogP contribution >= 0.6 is 12.4 Å². The van der Waals surface area contributed by atoms with Crippen molar-refractivity contribution >= 4 is 12.4 Å². The lowest BCUT2D eigenvalue weighted by Crippen LogP contribution is -2.66. The number of nitrogens with one attached hydrogen (secondary N) is 1. The highest BCUT2D eigenvalue weighted by Crippen LogP contribution is 2.45. The molecule has 1 spiro atoms. The fourth-order valence-corrected chi connectivity index (χ4v) is 1.67. The molecular formula is C7H12ClF2NO. The second-order valence-electron chi connectivity index (χ2n) is 3.39. The Kier molecular flexibility index (Phi) is 2.61. The van der Waals surface area contributed by atoms with Gasteiger partial charge in [-0.15, -0.1) is 12.4 Å². The summed E-state index contributed by atoms with van der Waals surface area (Å²) in [5, 5.41) is 2.89. The van der Waals surface area contributed by atoms with Gasteiger partial charge in [-0.1, -0.05) is 0 Å². The van der Waals surface area contributed by atoms with Crippen molar-refractivity contribution in [3.63, 3.8) is 0 Å². The van der Waals surface area contributed by atoms with Crippen molar-refractivity contribution in [3.05, 3.63) is 0 Å². The third kappa shape index (κ3) is 1.22. The fraction of sp³-hybridized carbons (Fsp3) is 1.00. The lowest BCUT2D eigenvalue weighted by atomic mass is 9.72. The third-order valence-electron chi connectivity index (χ3n) is 2.71. The van der Waals surface area contributed by atoms with Crippen molar-refractivity contribution in [2.75, 3.05) is 26.3 Å². The van der Waals surface area contributed by atoms with E-state index in [-0.39, 0.29) is 12.4 Å². The van der Waals surface area contributed by atoms with Gasteiger partial charge in [-0.25, -0.2) is 8.78 Å². The molecule has 2 rings (SSSR count). The largest absolute Gasteiger partial charge is 0.375 e. The van der Waals surface area contributed by atoms with Crippen LogP contribution in [0.3, 0.4) is 0 Å². The van der Waals surface area contributed by atoms with Crippen molar-refractivity contribution in [1.29, 1.82) is 0 Å². The van der Waals surface area contributed by atoms with Gasteiger partial charge in [0, 0.05) is 19.7 Å². The van der Waals surface area contributed by atoms with Gasteiger partial charge in [0.25, 0.3) is 5.92 Å². The summed E-state index contributed by atoms with van der Waals surface area (Å²) in [5.41, 5.74) is -0.773. The molecule has 0 aromatic heterocycles. The van der Waals surface area contributed by atoms with Crippen LogP contribution < -0.4 is 5.32 Å². The molecule has 2 saturated heterocycles. The Morgan fingerprint density at radius 1 is 1.25 bits per heavy atom. The molecule has 2 nitrogen and oxygen atoms in total. The van der Waals surface area contributed by atoms with E-state index in [9.17, 15) is 8.78 Å². The minimum atomic E-state index is -2.61. The van der Waals surface area contributed by atoms with Crippen LogP contribution in [0.4, 0.5) is 8.78 Å². The quantitative estimate of drug-likeness (QED) is 0.630. The summed E-state index contributed by atoms with van der Waals surface area (Å²) in [7, 11) is 0. The maximum atomic E-state index is 13.1. The van der Waals surface area contributed by atoms with Crippen molar-refractivity contribution in [2.24, 2.45) is 5.41 Å². The Bertz CT molecular complexity index is 173. The van der Waals surface area contributed by atoms with Gasteiger partial charge in [0.2, 0.25) is 0 Å². The van der Waals surface area contributed by atoms with E-state index in [1.165, 1.54) is 0 Å². The molecule has 2 aliphatic rings. The maximum Gasteiger partial charge on any atom is 0.278 e. The molecule has 0 unspecified atom stereocenters. The first-order valence-corrected chi connectivity index (χ1v) is 3.83. The average molecular weight is 200 g/mol. The number of halogens is 3. The standard InChI is InChI=1S/C7H11F2NO.ClH/c8-7(9)5-11-2-1-6(7)3-10-4-6;/h10H,1-5H2;1H. The fourth-order valence-electron chi connectivity index (χ4n) is 1.67. The van der Waals surface area contributed by atoms with Crippen molar-refractivity contribution in [2.45, 2.75) is 12.3 Å². The lowest BCUT2D eigenvalue weighted by molar-refractivity contribution is -0.221. The number of alkyl halides is 2. The summed E-state index contributed by atoms with van der Waals surface area (Å²) < 4.78 is 31.0. The summed E-state index contributed by atoms with van der Waals surface area (Å²) in [6, 6.07) is 0. The molecule has 12 heavy (non-hydrogen) atoms. The zero-order valence-corrected chi connectivity index (χ0v) is 7.42. The lowest BCUT2D eigenvalue weighted by Gasteiger charge is -2.50. The SMILES string of the molecule is Cl.FC1(F)COCCC12CNC2. The van der Waals surface area contributed by atoms with Gasteiger partial charge in [-0.05, 0) is 6.42 Å². The third-order valence-corrected chi connectivity index (χ3v) is 2.71. The van der Waals surface area contributed by atoms with Crippen LogP contribution in [0.15, 0.2) is 0 Å². The Labute approximate surface area is 76.1 Å². The van der Waals surface area contributed by atoms with Crippen LogP contribution in [0.5, 0.6) is 0 Å². The monoisotopic (exact) mass is 199 g/mol. The molecule has 0 aliphatic carbocycles. The Hall–Kier alpha value is 0.0700. The van der Waals surface area contributed by atoms with Gasteiger partial charge in [0.05, 0.1) is 5.41 Å². The highest BCUT2D eigenvalue weighted by Gasteiger charge is 2.58. The molecule has 0 bridgehead atoms. The number of hydrogen-bond donors (Lipinski definition) is 1. The normalized spacial score (nSPS) is 30.5. The number of rotatable bonds is 0. The second-order valence-corrected chi connectivity index (χ2v) is 3.39. The van der Waals surface area contributed by atoms with E-state index < -0.39 is 17.9 Å². The molecular weight excluding hydrogens is 188 g/mol. The molecule has 0 radical (unpaired) electrons. The zero-order chi connectivity index (χ0) is 7.95. The summed E-state index contributed by atoms with van der Waals surface area (Å²) in [6.07, 6.45) is 0.493. The van der Waals surface area contributed by atoms with Gasteiger partial charge < -0.3 is 10.1 Å². The van der Waals surface area contributed by atoms with E-state index in [4.69, 9.17) is 4.74 Å². The molecule has 0 atom stereocenters. The maximum absolute atomic E-state index is 13.1. The Morgan fingerprint density at radius 3 is 2.25 bits per heavy atom. The first-order valence-electron chi connectivity index (χ1n) is 3.83. The molecule has 2 aliphatic heterocycles. The smallest absolute Gasteiger partial charge is 0.278 e. The van der Waals surface area contributed by atoms with E-state index in [0.717, 1.165) is 0 Å². The summed E-state index contributed by atoms with van der Waals surface area (Å²) in [6.45, 7) is 0.985. The highest BCUT2D eigenvalue weighted by atomic mass is 35.5. The molecule has 2 fully saturated rings. The molecule has 0 aromatic carbocycles. The van der Waals surface area contributed by atoms with Gasteiger partial charge in [-0.3, -0.25) is 0 Å².